The average molecular weight is 456 g/mol. The number of amides is 2. The minimum atomic E-state index is -3.91. The molecule has 8 nitrogen and oxygen atoms in total. The minimum Gasteiger partial charge on any atom is -0.495 e. The molecule has 0 bridgehead atoms. The van der Waals surface area contributed by atoms with E-state index in [9.17, 15) is 22.4 Å². The topological polar surface area (TPSA) is 114 Å². The Labute approximate surface area is 178 Å². The maximum absolute atomic E-state index is 13.6. The highest BCUT2D eigenvalue weighted by Gasteiger charge is 2.22. The number of ether oxygens (including phenoxy) is 1. The number of hydrogen-bond acceptors (Lipinski definition) is 6. The molecule has 2 aromatic carbocycles. The summed E-state index contributed by atoms with van der Waals surface area (Å²) in [6.07, 6.45) is 0. The van der Waals surface area contributed by atoms with E-state index >= 15 is 0 Å². The molecular weight excluding hydrogens is 433 g/mol. The van der Waals surface area contributed by atoms with Crippen LogP contribution in [0.15, 0.2) is 52.3 Å². The van der Waals surface area contributed by atoms with Crippen molar-refractivity contribution < 1.29 is 27.1 Å². The molecule has 0 aliphatic carbocycles. The SMILES string of the molecule is COc1ccc(C(=O)NNC(=O)CSc2ccccc2F)cc1S(=O)(=O)NC(C)C. The molecule has 2 rings (SSSR count). The van der Waals surface area contributed by atoms with E-state index in [1.54, 1.807) is 26.0 Å². The highest BCUT2D eigenvalue weighted by atomic mass is 32.2. The molecule has 0 aromatic heterocycles. The third-order valence-electron chi connectivity index (χ3n) is 3.62. The Hall–Kier alpha value is -2.63. The molecule has 3 N–H and O–H groups in total. The number of sulfonamides is 1. The summed E-state index contributed by atoms with van der Waals surface area (Å²) in [5, 5.41) is 0. The van der Waals surface area contributed by atoms with Crippen LogP contribution >= 0.6 is 11.8 Å². The van der Waals surface area contributed by atoms with E-state index in [0.717, 1.165) is 17.8 Å². The Balaban J connectivity index is 2.03. The summed E-state index contributed by atoms with van der Waals surface area (Å²) in [6, 6.07) is 9.51. The lowest BCUT2D eigenvalue weighted by atomic mass is 10.2. The summed E-state index contributed by atoms with van der Waals surface area (Å²) in [5.41, 5.74) is 4.42. The van der Waals surface area contributed by atoms with E-state index in [4.69, 9.17) is 4.74 Å². The first-order valence-electron chi connectivity index (χ1n) is 8.81. The maximum Gasteiger partial charge on any atom is 0.269 e. The van der Waals surface area contributed by atoms with Crippen molar-refractivity contribution in [2.75, 3.05) is 12.9 Å². The molecule has 0 heterocycles. The predicted octanol–water partition coefficient (Wildman–Crippen LogP) is 2.07. The van der Waals surface area contributed by atoms with Gasteiger partial charge in [-0.15, -0.1) is 11.8 Å². The van der Waals surface area contributed by atoms with E-state index in [-0.39, 0.29) is 28.0 Å². The van der Waals surface area contributed by atoms with Crippen molar-refractivity contribution in [1.82, 2.24) is 15.6 Å². The summed E-state index contributed by atoms with van der Waals surface area (Å²) >= 11 is 0.977. The van der Waals surface area contributed by atoms with Gasteiger partial charge in [-0.2, -0.15) is 0 Å². The number of benzene rings is 2. The molecular formula is C19H22FN3O5S2. The van der Waals surface area contributed by atoms with E-state index in [2.05, 4.69) is 15.6 Å². The zero-order valence-corrected chi connectivity index (χ0v) is 18.2. The molecule has 11 heteroatoms. The Morgan fingerprint density at radius 2 is 1.83 bits per heavy atom. The van der Waals surface area contributed by atoms with Gasteiger partial charge in [0.05, 0.1) is 12.9 Å². The van der Waals surface area contributed by atoms with Gasteiger partial charge in [0, 0.05) is 16.5 Å². The van der Waals surface area contributed by atoms with Crippen LogP contribution in [0.25, 0.3) is 0 Å². The lowest BCUT2D eigenvalue weighted by Gasteiger charge is -2.14. The Kier molecular flexibility index (Phi) is 8.21. The third kappa shape index (κ3) is 6.44. The Morgan fingerprint density at radius 1 is 1.13 bits per heavy atom. The number of thioether (sulfide) groups is 1. The number of carbonyl (C=O) groups is 2. The smallest absolute Gasteiger partial charge is 0.269 e. The fourth-order valence-corrected chi connectivity index (χ4v) is 4.53. The fourth-order valence-electron chi connectivity index (χ4n) is 2.34. The van der Waals surface area contributed by atoms with Gasteiger partial charge in [-0.3, -0.25) is 20.4 Å². The molecule has 0 saturated carbocycles. The first kappa shape index (κ1) is 23.6. The second-order valence-electron chi connectivity index (χ2n) is 6.36. The quantitative estimate of drug-likeness (QED) is 0.415. The van der Waals surface area contributed by atoms with Crippen LogP contribution in [0.5, 0.6) is 5.75 Å². The molecule has 0 aliphatic heterocycles. The monoisotopic (exact) mass is 455 g/mol. The number of rotatable bonds is 8. The standard InChI is InChI=1S/C19H22FN3O5S2/c1-12(2)23-30(26,27)17-10-13(8-9-15(17)28-3)19(25)22-21-18(24)11-29-16-7-5-4-6-14(16)20/h4-10,12,23H,11H2,1-3H3,(H,21,24)(H,22,25). The largest absolute Gasteiger partial charge is 0.495 e. The summed E-state index contributed by atoms with van der Waals surface area (Å²) in [6.45, 7) is 3.32. The van der Waals surface area contributed by atoms with Crippen LogP contribution in [-0.2, 0) is 14.8 Å². The van der Waals surface area contributed by atoms with Gasteiger partial charge in [0.25, 0.3) is 5.91 Å². The van der Waals surface area contributed by atoms with Crippen LogP contribution in [0, 0.1) is 5.82 Å². The molecule has 2 amide bonds. The maximum atomic E-state index is 13.6. The van der Waals surface area contributed by atoms with Gasteiger partial charge in [0.2, 0.25) is 15.9 Å². The highest BCUT2D eigenvalue weighted by Crippen LogP contribution is 2.25. The lowest BCUT2D eigenvalue weighted by Crippen LogP contribution is -2.42. The molecule has 2 aromatic rings. The number of hydrogen-bond donors (Lipinski definition) is 3. The number of methoxy groups -OCH3 is 1. The van der Waals surface area contributed by atoms with Crippen LogP contribution in [0.3, 0.4) is 0 Å². The van der Waals surface area contributed by atoms with E-state index in [0.29, 0.717) is 4.90 Å². The van der Waals surface area contributed by atoms with Gasteiger partial charge < -0.3 is 4.74 Å². The van der Waals surface area contributed by atoms with Crippen molar-refractivity contribution in [3.05, 3.63) is 53.8 Å². The van der Waals surface area contributed by atoms with Gasteiger partial charge in [-0.1, -0.05) is 12.1 Å². The minimum absolute atomic E-state index is 0.00184. The highest BCUT2D eigenvalue weighted by molar-refractivity contribution is 8.00. The molecule has 0 atom stereocenters. The second-order valence-corrected chi connectivity index (χ2v) is 9.06. The number of hydrazine groups is 1. The predicted molar refractivity (Wildman–Crippen MR) is 111 cm³/mol. The van der Waals surface area contributed by atoms with Crippen LogP contribution < -0.4 is 20.3 Å². The molecule has 0 unspecified atom stereocenters. The lowest BCUT2D eigenvalue weighted by molar-refractivity contribution is -0.119. The molecule has 162 valence electrons. The van der Waals surface area contributed by atoms with E-state index < -0.39 is 27.7 Å². The van der Waals surface area contributed by atoms with Crippen molar-refractivity contribution in [2.45, 2.75) is 29.7 Å². The summed E-state index contributed by atoms with van der Waals surface area (Å²) < 4.78 is 46.0. The Bertz CT molecular complexity index is 1030. The first-order valence-corrected chi connectivity index (χ1v) is 11.3. The van der Waals surface area contributed by atoms with Crippen molar-refractivity contribution in [3.63, 3.8) is 0 Å². The van der Waals surface area contributed by atoms with Crippen LogP contribution in [0.1, 0.15) is 24.2 Å². The van der Waals surface area contributed by atoms with Gasteiger partial charge in [0.15, 0.2) is 0 Å². The normalized spacial score (nSPS) is 11.2. The third-order valence-corrected chi connectivity index (χ3v) is 6.35. The van der Waals surface area contributed by atoms with Crippen LogP contribution in [0.4, 0.5) is 4.39 Å². The van der Waals surface area contributed by atoms with Crippen molar-refractivity contribution in [3.8, 4) is 5.75 Å². The van der Waals surface area contributed by atoms with E-state index in [1.807, 2.05) is 0 Å². The molecule has 0 fully saturated rings. The van der Waals surface area contributed by atoms with Gasteiger partial charge in [-0.25, -0.2) is 17.5 Å². The molecule has 30 heavy (non-hydrogen) atoms. The number of halogens is 1. The zero-order valence-electron chi connectivity index (χ0n) is 16.6. The summed E-state index contributed by atoms with van der Waals surface area (Å²) in [7, 11) is -2.60. The number of carbonyl (C=O) groups excluding carboxylic acids is 2. The van der Waals surface area contributed by atoms with E-state index in [1.165, 1.54) is 31.4 Å². The molecule has 0 saturated heterocycles. The molecule has 0 radical (unpaired) electrons. The van der Waals surface area contributed by atoms with Crippen molar-refractivity contribution >= 4 is 33.6 Å². The summed E-state index contributed by atoms with van der Waals surface area (Å²) in [4.78, 5) is 24.4. The second kappa shape index (κ2) is 10.4. The van der Waals surface area contributed by atoms with Crippen molar-refractivity contribution in [1.29, 1.82) is 0 Å². The van der Waals surface area contributed by atoms with Crippen LogP contribution in [-0.4, -0.2) is 39.1 Å². The fraction of sp³-hybridized carbons (Fsp3) is 0.263. The van der Waals surface area contributed by atoms with Gasteiger partial charge in [0.1, 0.15) is 16.5 Å². The first-order chi connectivity index (χ1) is 14.1. The average Bonchev–Trinajstić information content (AvgIpc) is 2.70. The zero-order chi connectivity index (χ0) is 22.3. The molecule has 0 aliphatic rings. The summed E-state index contributed by atoms with van der Waals surface area (Å²) in [5.74, 6) is -1.77. The van der Waals surface area contributed by atoms with Crippen molar-refractivity contribution in [2.24, 2.45) is 0 Å². The van der Waals surface area contributed by atoms with Gasteiger partial charge >= 0.3 is 0 Å². The van der Waals surface area contributed by atoms with Gasteiger partial charge in [-0.05, 0) is 44.2 Å². The number of nitrogens with one attached hydrogen (secondary N) is 3. The van der Waals surface area contributed by atoms with Crippen LogP contribution in [0.2, 0.25) is 0 Å². The Morgan fingerprint density at radius 3 is 2.47 bits per heavy atom. The molecule has 0 spiro atoms.